The number of pyridine rings is 1. The number of amides is 2. The first kappa shape index (κ1) is 20.3. The molecule has 0 saturated heterocycles. The van der Waals surface area contributed by atoms with E-state index in [1.165, 1.54) is 18.3 Å². The maximum Gasteiger partial charge on any atom is 0.320 e. The van der Waals surface area contributed by atoms with E-state index in [9.17, 15) is 9.18 Å². The fraction of sp³-hybridized carbons (Fsp3) is 0.158. The molecule has 0 radical (unpaired) electrons. The monoisotopic (exact) mass is 415 g/mol. The van der Waals surface area contributed by atoms with E-state index in [4.69, 9.17) is 17.0 Å². The van der Waals surface area contributed by atoms with Crippen molar-refractivity contribution in [3.05, 3.63) is 64.8 Å². The normalized spacial score (nSPS) is 11.6. The van der Waals surface area contributed by atoms with E-state index in [0.29, 0.717) is 16.8 Å². The van der Waals surface area contributed by atoms with Crippen LogP contribution in [-0.2, 0) is 7.05 Å². The molecule has 1 atom stereocenters. The smallest absolute Gasteiger partial charge is 0.320 e. The topological polar surface area (TPSA) is 108 Å². The average Bonchev–Trinajstić information content (AvgIpc) is 3.09. The quantitative estimate of drug-likeness (QED) is 0.452. The van der Waals surface area contributed by atoms with E-state index in [0.717, 1.165) is 11.9 Å². The van der Waals surface area contributed by atoms with Crippen LogP contribution in [0.25, 0.3) is 0 Å². The van der Waals surface area contributed by atoms with Gasteiger partial charge in [-0.15, -0.1) is 0 Å². The third kappa shape index (κ3) is 5.08. The van der Waals surface area contributed by atoms with Crippen molar-refractivity contribution < 1.29 is 9.18 Å². The summed E-state index contributed by atoms with van der Waals surface area (Å²) in [5.41, 5.74) is 2.56. The summed E-state index contributed by atoms with van der Waals surface area (Å²) in [6.45, 7) is 1.75. The molecule has 0 bridgehead atoms. The van der Waals surface area contributed by atoms with Gasteiger partial charge in [-0.25, -0.2) is 14.2 Å². The van der Waals surface area contributed by atoms with Crippen LogP contribution in [0.5, 0.6) is 0 Å². The van der Waals surface area contributed by atoms with Gasteiger partial charge in [0.25, 0.3) is 0 Å². The highest BCUT2D eigenvalue weighted by Gasteiger charge is 2.13. The number of aryl methyl sites for hydroxylation is 1. The molecule has 2 aromatic heterocycles. The second-order valence-corrected chi connectivity index (χ2v) is 6.73. The second kappa shape index (κ2) is 8.70. The van der Waals surface area contributed by atoms with Crippen molar-refractivity contribution in [2.24, 2.45) is 7.05 Å². The molecule has 0 fully saturated rings. The summed E-state index contributed by atoms with van der Waals surface area (Å²) < 4.78 is 14.9. The molecule has 0 spiro atoms. The number of hydrogen-bond acceptors (Lipinski definition) is 5. The molecule has 0 saturated carbocycles. The molecule has 4 N–H and O–H groups in total. The van der Waals surface area contributed by atoms with Crippen molar-refractivity contribution >= 4 is 41.0 Å². The van der Waals surface area contributed by atoms with Gasteiger partial charge in [0, 0.05) is 25.0 Å². The molecule has 0 aliphatic heterocycles. The predicted molar refractivity (Wildman–Crippen MR) is 111 cm³/mol. The lowest BCUT2D eigenvalue weighted by molar-refractivity contribution is 0.249. The van der Waals surface area contributed by atoms with Crippen molar-refractivity contribution in [1.29, 1.82) is 5.41 Å². The van der Waals surface area contributed by atoms with Gasteiger partial charge in [0.15, 0.2) is 0 Å². The molecule has 2 amide bonds. The number of benzene rings is 1. The fourth-order valence-corrected chi connectivity index (χ4v) is 2.81. The van der Waals surface area contributed by atoms with E-state index in [1.54, 1.807) is 43.2 Å². The van der Waals surface area contributed by atoms with Crippen LogP contribution in [-0.4, -0.2) is 27.0 Å². The molecular formula is C19H19ClFN7O. The van der Waals surface area contributed by atoms with Gasteiger partial charge in [0.05, 0.1) is 34.8 Å². The summed E-state index contributed by atoms with van der Waals surface area (Å²) in [4.78, 5) is 16.5. The van der Waals surface area contributed by atoms with E-state index in [1.807, 2.05) is 0 Å². The number of nitrogens with zero attached hydrogens (tertiary/aromatic N) is 3. The molecule has 0 aliphatic carbocycles. The van der Waals surface area contributed by atoms with Gasteiger partial charge in [-0.3, -0.25) is 10.00 Å². The first-order chi connectivity index (χ1) is 13.9. The van der Waals surface area contributed by atoms with Crippen LogP contribution in [0.2, 0.25) is 5.02 Å². The predicted octanol–water partition coefficient (Wildman–Crippen LogP) is 4.23. The Morgan fingerprint density at radius 2 is 2.14 bits per heavy atom. The summed E-state index contributed by atoms with van der Waals surface area (Å²) in [6.07, 6.45) is 6.12. The Hall–Kier alpha value is -3.46. The van der Waals surface area contributed by atoms with Crippen LogP contribution in [0.15, 0.2) is 42.9 Å². The van der Waals surface area contributed by atoms with Crippen LogP contribution in [0.3, 0.4) is 0 Å². The SMILES string of the molecule is CC(NC(=O)Nc1cc(C=N)c(Nc2cnn(C)c2)cn1)c1ccc(F)c(Cl)c1. The van der Waals surface area contributed by atoms with Gasteiger partial charge in [-0.2, -0.15) is 5.10 Å². The number of carbonyl (C=O) groups excluding carboxylic acids is 1. The number of urea groups is 1. The molecule has 1 aromatic carbocycles. The van der Waals surface area contributed by atoms with E-state index in [2.05, 4.69) is 26.0 Å². The van der Waals surface area contributed by atoms with Gasteiger partial charge in [0.2, 0.25) is 0 Å². The number of rotatable bonds is 6. The number of halogens is 2. The Balaban J connectivity index is 1.66. The third-order valence-corrected chi connectivity index (χ3v) is 4.40. The molecule has 0 aliphatic rings. The minimum Gasteiger partial charge on any atom is -0.351 e. The Labute approximate surface area is 171 Å². The lowest BCUT2D eigenvalue weighted by atomic mass is 10.1. The third-order valence-electron chi connectivity index (χ3n) is 4.11. The minimum atomic E-state index is -0.518. The highest BCUT2D eigenvalue weighted by atomic mass is 35.5. The average molecular weight is 416 g/mol. The molecule has 3 aromatic rings. The minimum absolute atomic E-state index is 0.00875. The Bertz CT molecular complexity index is 1050. The van der Waals surface area contributed by atoms with E-state index < -0.39 is 17.9 Å². The maximum absolute atomic E-state index is 13.3. The van der Waals surface area contributed by atoms with Crippen LogP contribution < -0.4 is 16.0 Å². The molecule has 29 heavy (non-hydrogen) atoms. The number of hydrogen-bond donors (Lipinski definition) is 4. The van der Waals surface area contributed by atoms with Crippen molar-refractivity contribution in [3.8, 4) is 0 Å². The fourth-order valence-electron chi connectivity index (χ4n) is 2.62. The summed E-state index contributed by atoms with van der Waals surface area (Å²) >= 11 is 5.79. The zero-order valence-corrected chi connectivity index (χ0v) is 16.5. The highest BCUT2D eigenvalue weighted by Crippen LogP contribution is 2.22. The molecule has 2 heterocycles. The standard InChI is InChI=1S/C19H19ClFN7O/c1-11(12-3-4-16(21)15(20)5-12)25-19(29)27-18-6-13(7-22)17(9-23-18)26-14-8-24-28(2)10-14/h3-11,22,26H,1-2H3,(H2,23,25,27,29). The van der Waals surface area contributed by atoms with Gasteiger partial charge < -0.3 is 16.0 Å². The van der Waals surface area contributed by atoms with Crippen LogP contribution >= 0.6 is 11.6 Å². The molecule has 10 heteroatoms. The van der Waals surface area contributed by atoms with Crippen LogP contribution in [0.4, 0.5) is 26.4 Å². The van der Waals surface area contributed by atoms with E-state index >= 15 is 0 Å². The van der Waals surface area contributed by atoms with Gasteiger partial charge in [-0.1, -0.05) is 17.7 Å². The molecule has 3 rings (SSSR count). The second-order valence-electron chi connectivity index (χ2n) is 6.32. The van der Waals surface area contributed by atoms with Gasteiger partial charge >= 0.3 is 6.03 Å². The first-order valence-electron chi connectivity index (χ1n) is 8.64. The summed E-state index contributed by atoms with van der Waals surface area (Å²) in [5, 5.41) is 20.1. The van der Waals surface area contributed by atoms with Crippen molar-refractivity contribution in [2.45, 2.75) is 13.0 Å². The summed E-state index contributed by atoms with van der Waals surface area (Å²) in [6, 6.07) is 4.95. The number of nitrogens with one attached hydrogen (secondary N) is 4. The molecule has 1 unspecified atom stereocenters. The zero-order valence-electron chi connectivity index (χ0n) is 15.7. The van der Waals surface area contributed by atoms with Crippen molar-refractivity contribution in [3.63, 3.8) is 0 Å². The lowest BCUT2D eigenvalue weighted by Crippen LogP contribution is -2.31. The zero-order chi connectivity index (χ0) is 21.0. The van der Waals surface area contributed by atoms with Gasteiger partial charge in [0.1, 0.15) is 11.6 Å². The highest BCUT2D eigenvalue weighted by molar-refractivity contribution is 6.30. The number of anilines is 3. The summed E-state index contributed by atoms with van der Waals surface area (Å²) in [5.74, 6) is -0.238. The molecule has 8 nitrogen and oxygen atoms in total. The summed E-state index contributed by atoms with van der Waals surface area (Å²) in [7, 11) is 1.80. The van der Waals surface area contributed by atoms with Crippen molar-refractivity contribution in [1.82, 2.24) is 20.1 Å². The molecular weight excluding hydrogens is 397 g/mol. The Kier molecular flexibility index (Phi) is 6.08. The largest absolute Gasteiger partial charge is 0.351 e. The molecule has 150 valence electrons. The Morgan fingerprint density at radius 1 is 1.34 bits per heavy atom. The van der Waals surface area contributed by atoms with Crippen LogP contribution in [0, 0.1) is 11.2 Å². The van der Waals surface area contributed by atoms with Crippen LogP contribution in [0.1, 0.15) is 24.1 Å². The first-order valence-corrected chi connectivity index (χ1v) is 9.02. The Morgan fingerprint density at radius 3 is 2.79 bits per heavy atom. The van der Waals surface area contributed by atoms with Gasteiger partial charge in [-0.05, 0) is 30.7 Å². The maximum atomic E-state index is 13.3. The van der Waals surface area contributed by atoms with Crippen molar-refractivity contribution in [2.75, 3.05) is 10.6 Å². The van der Waals surface area contributed by atoms with E-state index in [-0.39, 0.29) is 10.8 Å². The number of aromatic nitrogens is 3. The number of carbonyl (C=O) groups is 1. The lowest BCUT2D eigenvalue weighted by Gasteiger charge is -2.16.